The second-order valence-electron chi connectivity index (χ2n) is 10.2. The molecule has 0 saturated carbocycles. The van der Waals surface area contributed by atoms with Crippen LogP contribution in [0.2, 0.25) is 10.0 Å². The SMILES string of the molecule is COc1ccc(-n2cc(C3CCN(C(=O)OC(C)(C)C)CC3)c(C(=O)Nc3cc(Cl)c(OC)cc3Cl)n2)cc1. The molecular formula is C28H32Cl2N4O5. The number of halogens is 2. The number of ether oxygens (including phenoxy) is 3. The molecule has 0 radical (unpaired) electrons. The molecule has 1 aliphatic rings. The van der Waals surface area contributed by atoms with Crippen LogP contribution >= 0.6 is 23.2 Å². The van der Waals surface area contributed by atoms with E-state index in [2.05, 4.69) is 10.4 Å². The van der Waals surface area contributed by atoms with Crippen molar-refractivity contribution in [2.45, 2.75) is 45.1 Å². The van der Waals surface area contributed by atoms with Crippen molar-refractivity contribution in [3.8, 4) is 17.2 Å². The molecule has 0 aliphatic carbocycles. The van der Waals surface area contributed by atoms with Gasteiger partial charge in [0.2, 0.25) is 0 Å². The van der Waals surface area contributed by atoms with E-state index in [1.165, 1.54) is 7.11 Å². The number of hydrogen-bond donors (Lipinski definition) is 1. The highest BCUT2D eigenvalue weighted by Crippen LogP contribution is 2.36. The van der Waals surface area contributed by atoms with Crippen LogP contribution in [-0.2, 0) is 4.74 Å². The molecule has 2 heterocycles. The molecule has 2 aromatic carbocycles. The number of likely N-dealkylation sites (tertiary alicyclic amines) is 1. The molecule has 1 saturated heterocycles. The first-order chi connectivity index (χ1) is 18.5. The molecule has 208 valence electrons. The number of aromatic nitrogens is 2. The molecule has 39 heavy (non-hydrogen) atoms. The average Bonchev–Trinajstić information content (AvgIpc) is 3.35. The Morgan fingerprint density at radius 2 is 1.67 bits per heavy atom. The summed E-state index contributed by atoms with van der Waals surface area (Å²) in [5, 5.41) is 8.10. The van der Waals surface area contributed by atoms with E-state index in [1.54, 1.807) is 28.8 Å². The summed E-state index contributed by atoms with van der Waals surface area (Å²) in [5.74, 6) is 0.701. The highest BCUT2D eigenvalue weighted by atomic mass is 35.5. The molecule has 0 atom stereocenters. The number of piperidine rings is 1. The monoisotopic (exact) mass is 574 g/mol. The molecule has 2 amide bonds. The van der Waals surface area contributed by atoms with Crippen LogP contribution < -0.4 is 14.8 Å². The number of carbonyl (C=O) groups is 2. The number of benzene rings is 2. The summed E-state index contributed by atoms with van der Waals surface area (Å²) in [6.07, 6.45) is 2.85. The number of amides is 2. The zero-order chi connectivity index (χ0) is 28.3. The number of anilines is 1. The van der Waals surface area contributed by atoms with Gasteiger partial charge in [0.15, 0.2) is 5.69 Å². The highest BCUT2D eigenvalue weighted by molar-refractivity contribution is 6.36. The molecule has 0 bridgehead atoms. The third-order valence-corrected chi connectivity index (χ3v) is 6.98. The minimum absolute atomic E-state index is 0.00589. The lowest BCUT2D eigenvalue weighted by Gasteiger charge is -2.33. The highest BCUT2D eigenvalue weighted by Gasteiger charge is 2.31. The van der Waals surface area contributed by atoms with E-state index < -0.39 is 11.5 Å². The first kappa shape index (κ1) is 28.6. The Morgan fingerprint density at radius 1 is 1.00 bits per heavy atom. The first-order valence-corrected chi connectivity index (χ1v) is 13.3. The second kappa shape index (κ2) is 11.8. The molecule has 1 N–H and O–H groups in total. The Kier molecular flexibility index (Phi) is 8.61. The Morgan fingerprint density at radius 3 is 2.26 bits per heavy atom. The molecule has 0 spiro atoms. The maximum Gasteiger partial charge on any atom is 0.410 e. The van der Waals surface area contributed by atoms with Gasteiger partial charge in [-0.25, -0.2) is 9.48 Å². The Hall–Kier alpha value is -3.43. The van der Waals surface area contributed by atoms with E-state index in [0.29, 0.717) is 48.1 Å². The minimum Gasteiger partial charge on any atom is -0.497 e. The molecule has 4 rings (SSSR count). The summed E-state index contributed by atoms with van der Waals surface area (Å²) in [6, 6.07) is 10.5. The van der Waals surface area contributed by atoms with Crippen LogP contribution in [0.25, 0.3) is 5.69 Å². The topological polar surface area (TPSA) is 94.9 Å². The van der Waals surface area contributed by atoms with Crippen LogP contribution in [0.4, 0.5) is 10.5 Å². The molecular weight excluding hydrogens is 543 g/mol. The standard InChI is InChI=1S/C28H32Cl2N4O5/c1-28(2,3)39-27(36)33-12-10-17(11-13-33)20-16-34(18-6-8-19(37-4)9-7-18)32-25(20)26(35)31-23-14-22(30)24(38-5)15-21(23)29/h6-9,14-17H,10-13H2,1-5H3,(H,31,35). The largest absolute Gasteiger partial charge is 0.497 e. The van der Waals surface area contributed by atoms with Gasteiger partial charge in [0.25, 0.3) is 5.91 Å². The minimum atomic E-state index is -0.565. The zero-order valence-corrected chi connectivity index (χ0v) is 24.1. The predicted molar refractivity (Wildman–Crippen MR) is 151 cm³/mol. The van der Waals surface area contributed by atoms with E-state index in [0.717, 1.165) is 11.3 Å². The Bertz CT molecular complexity index is 1340. The summed E-state index contributed by atoms with van der Waals surface area (Å²) in [5.41, 5.74) is 1.60. The van der Waals surface area contributed by atoms with Crippen molar-refractivity contribution in [3.05, 3.63) is 63.9 Å². The maximum atomic E-state index is 13.5. The van der Waals surface area contributed by atoms with Crippen molar-refractivity contribution >= 4 is 40.9 Å². The molecule has 1 fully saturated rings. The van der Waals surface area contributed by atoms with Crippen molar-refractivity contribution in [2.24, 2.45) is 0 Å². The summed E-state index contributed by atoms with van der Waals surface area (Å²) < 4.78 is 17.7. The van der Waals surface area contributed by atoms with Crippen LogP contribution in [0.1, 0.15) is 55.6 Å². The molecule has 11 heteroatoms. The van der Waals surface area contributed by atoms with E-state index in [1.807, 2.05) is 51.2 Å². The summed E-state index contributed by atoms with van der Waals surface area (Å²) in [7, 11) is 3.09. The van der Waals surface area contributed by atoms with Gasteiger partial charge in [-0.2, -0.15) is 5.10 Å². The summed E-state index contributed by atoms with van der Waals surface area (Å²) in [4.78, 5) is 27.8. The molecule has 1 aromatic heterocycles. The predicted octanol–water partition coefficient (Wildman–Crippen LogP) is 6.56. The van der Waals surface area contributed by atoms with Gasteiger partial charge < -0.3 is 24.4 Å². The van der Waals surface area contributed by atoms with Crippen molar-refractivity contribution < 1.29 is 23.8 Å². The smallest absolute Gasteiger partial charge is 0.410 e. The van der Waals surface area contributed by atoms with Gasteiger partial charge in [-0.15, -0.1) is 0 Å². The fraction of sp³-hybridized carbons (Fsp3) is 0.393. The molecule has 0 unspecified atom stereocenters. The van der Waals surface area contributed by atoms with Gasteiger partial charge in [0.05, 0.1) is 35.6 Å². The fourth-order valence-corrected chi connectivity index (χ4v) is 4.83. The number of rotatable bonds is 6. The first-order valence-electron chi connectivity index (χ1n) is 12.6. The van der Waals surface area contributed by atoms with Crippen molar-refractivity contribution in [3.63, 3.8) is 0 Å². The number of hydrogen-bond acceptors (Lipinski definition) is 6. The third kappa shape index (κ3) is 6.78. The van der Waals surface area contributed by atoms with Crippen LogP contribution in [0.5, 0.6) is 11.5 Å². The average molecular weight is 575 g/mol. The van der Waals surface area contributed by atoms with E-state index in [9.17, 15) is 9.59 Å². The number of nitrogens with zero attached hydrogens (tertiary/aromatic N) is 3. The van der Waals surface area contributed by atoms with Crippen LogP contribution in [0, 0.1) is 0 Å². The summed E-state index contributed by atoms with van der Waals surface area (Å²) in [6.45, 7) is 6.55. The van der Waals surface area contributed by atoms with E-state index >= 15 is 0 Å². The van der Waals surface area contributed by atoms with Crippen molar-refractivity contribution in [1.29, 1.82) is 0 Å². The van der Waals surface area contributed by atoms with Gasteiger partial charge >= 0.3 is 6.09 Å². The molecule has 3 aromatic rings. The van der Waals surface area contributed by atoms with Crippen molar-refractivity contribution in [2.75, 3.05) is 32.6 Å². The Balaban J connectivity index is 1.62. The quantitative estimate of drug-likeness (QED) is 0.358. The van der Waals surface area contributed by atoms with E-state index in [-0.39, 0.29) is 22.7 Å². The van der Waals surface area contributed by atoms with Gasteiger partial charge in [-0.3, -0.25) is 4.79 Å². The van der Waals surface area contributed by atoms with Crippen LogP contribution in [-0.4, -0.2) is 59.6 Å². The lowest BCUT2D eigenvalue weighted by atomic mass is 9.89. The number of carbonyl (C=O) groups excluding carboxylic acids is 2. The second-order valence-corrected chi connectivity index (χ2v) is 11.1. The van der Waals surface area contributed by atoms with Crippen molar-refractivity contribution in [1.82, 2.24) is 14.7 Å². The van der Waals surface area contributed by atoms with Crippen LogP contribution in [0.15, 0.2) is 42.6 Å². The van der Waals surface area contributed by atoms with E-state index in [4.69, 9.17) is 37.4 Å². The number of methoxy groups -OCH3 is 2. The fourth-order valence-electron chi connectivity index (χ4n) is 4.39. The normalized spacial score (nSPS) is 14.2. The van der Waals surface area contributed by atoms with Gasteiger partial charge in [-0.05, 0) is 69.9 Å². The lowest BCUT2D eigenvalue weighted by Crippen LogP contribution is -2.41. The maximum absolute atomic E-state index is 13.5. The van der Waals surface area contributed by atoms with Gasteiger partial charge in [0.1, 0.15) is 17.1 Å². The lowest BCUT2D eigenvalue weighted by molar-refractivity contribution is 0.0204. The molecule has 1 aliphatic heterocycles. The summed E-state index contributed by atoms with van der Waals surface area (Å²) >= 11 is 12.6. The molecule has 9 nitrogen and oxygen atoms in total. The Labute approximate surface area is 237 Å². The number of nitrogens with one attached hydrogen (secondary N) is 1. The van der Waals surface area contributed by atoms with Gasteiger partial charge in [0, 0.05) is 30.9 Å². The zero-order valence-electron chi connectivity index (χ0n) is 22.6. The van der Waals surface area contributed by atoms with Gasteiger partial charge in [-0.1, -0.05) is 23.2 Å². The third-order valence-electron chi connectivity index (χ3n) is 6.37. The van der Waals surface area contributed by atoms with Crippen LogP contribution in [0.3, 0.4) is 0 Å².